The van der Waals surface area contributed by atoms with E-state index in [4.69, 9.17) is 4.98 Å². The zero-order chi connectivity index (χ0) is 14.9. The van der Waals surface area contributed by atoms with E-state index >= 15 is 0 Å². The Balaban J connectivity index is 2.28. The molecule has 0 aliphatic carbocycles. The summed E-state index contributed by atoms with van der Waals surface area (Å²) < 4.78 is 1.16. The molecule has 0 bridgehead atoms. The van der Waals surface area contributed by atoms with Crippen LogP contribution in [0.5, 0.6) is 0 Å². The third-order valence-electron chi connectivity index (χ3n) is 2.84. The number of thiazole rings is 1. The molecule has 0 aliphatic heterocycles. The molecule has 2 rings (SSSR count). The molecule has 2 aromatic heterocycles. The van der Waals surface area contributed by atoms with Crippen LogP contribution in [0, 0.1) is 0 Å². The summed E-state index contributed by atoms with van der Waals surface area (Å²) in [6, 6.07) is 4.22. The average Bonchev–Trinajstić information content (AvgIpc) is 2.91. The van der Waals surface area contributed by atoms with Gasteiger partial charge >= 0.3 is 0 Å². The van der Waals surface area contributed by atoms with Crippen molar-refractivity contribution in [2.45, 2.75) is 52.6 Å². The molecule has 1 N–H and O–H groups in total. The van der Waals surface area contributed by atoms with Gasteiger partial charge in [0.25, 0.3) is 0 Å². The molecule has 0 spiro atoms. The van der Waals surface area contributed by atoms with Crippen LogP contribution in [0.3, 0.4) is 0 Å². The number of rotatable bonds is 4. The maximum absolute atomic E-state index is 4.86. The average molecular weight is 373 g/mol. The highest BCUT2D eigenvalue weighted by Crippen LogP contribution is 2.37. The van der Waals surface area contributed by atoms with E-state index in [0.717, 1.165) is 15.3 Å². The van der Waals surface area contributed by atoms with Gasteiger partial charge in [-0.05, 0) is 54.8 Å². The molecule has 0 amide bonds. The van der Waals surface area contributed by atoms with Crippen LogP contribution in [-0.2, 0) is 6.54 Å². The van der Waals surface area contributed by atoms with E-state index in [-0.39, 0.29) is 5.54 Å². The normalized spacial score (nSPS) is 12.3. The Kier molecular flexibility index (Phi) is 5.05. The summed E-state index contributed by atoms with van der Waals surface area (Å²) in [6.45, 7) is 11.9. The lowest BCUT2D eigenvalue weighted by Crippen LogP contribution is -2.35. The van der Waals surface area contributed by atoms with E-state index < -0.39 is 0 Å². The topological polar surface area (TPSA) is 24.9 Å². The molecule has 2 nitrogen and oxygen atoms in total. The Labute approximate surface area is 137 Å². The molecule has 0 aromatic carbocycles. The van der Waals surface area contributed by atoms with Crippen LogP contribution in [0.25, 0.3) is 9.88 Å². The van der Waals surface area contributed by atoms with Gasteiger partial charge in [0.2, 0.25) is 0 Å². The van der Waals surface area contributed by atoms with Gasteiger partial charge in [0.1, 0.15) is 5.01 Å². The minimum Gasteiger partial charge on any atom is -0.307 e. The molecular formula is C15H21BrN2S2. The standard InChI is InChI=1S/C15H21BrN2S2/c1-9(2)13-11(8-17-15(3,4)5)20-14(18-13)10-6-7-12(16)19-10/h6-7,9,17H,8H2,1-5H3. The second-order valence-corrected chi connectivity index (χ2v) is 9.74. The highest BCUT2D eigenvalue weighted by Gasteiger charge is 2.18. The number of aromatic nitrogens is 1. The maximum Gasteiger partial charge on any atom is 0.133 e. The van der Waals surface area contributed by atoms with E-state index in [1.165, 1.54) is 15.4 Å². The fraction of sp³-hybridized carbons (Fsp3) is 0.533. The van der Waals surface area contributed by atoms with Crippen LogP contribution < -0.4 is 5.32 Å². The molecule has 0 atom stereocenters. The Hall–Kier alpha value is -0.230. The minimum absolute atomic E-state index is 0.129. The van der Waals surface area contributed by atoms with Gasteiger partial charge in [0.15, 0.2) is 0 Å². The lowest BCUT2D eigenvalue weighted by molar-refractivity contribution is 0.425. The molecule has 2 aromatic rings. The number of halogens is 1. The lowest BCUT2D eigenvalue weighted by Gasteiger charge is -2.20. The van der Waals surface area contributed by atoms with Gasteiger partial charge in [-0.3, -0.25) is 0 Å². The SMILES string of the molecule is CC(C)c1nc(-c2ccc(Br)s2)sc1CNC(C)(C)C. The second-order valence-electron chi connectivity index (χ2n) is 6.19. The van der Waals surface area contributed by atoms with E-state index in [1.807, 2.05) is 11.3 Å². The zero-order valence-electron chi connectivity index (χ0n) is 12.6. The number of nitrogens with zero attached hydrogens (tertiary/aromatic N) is 1. The monoisotopic (exact) mass is 372 g/mol. The van der Waals surface area contributed by atoms with Crippen LogP contribution >= 0.6 is 38.6 Å². The zero-order valence-corrected chi connectivity index (χ0v) is 15.8. The van der Waals surface area contributed by atoms with Crippen LogP contribution in [0.4, 0.5) is 0 Å². The summed E-state index contributed by atoms with van der Waals surface area (Å²) in [5, 5.41) is 4.70. The van der Waals surface area contributed by atoms with Gasteiger partial charge in [-0.1, -0.05) is 13.8 Å². The molecular weight excluding hydrogens is 352 g/mol. The third-order valence-corrected chi connectivity index (χ3v) is 5.70. The van der Waals surface area contributed by atoms with Crippen molar-refractivity contribution >= 4 is 38.6 Å². The van der Waals surface area contributed by atoms with Crippen molar-refractivity contribution in [2.24, 2.45) is 0 Å². The Morgan fingerprint density at radius 3 is 2.45 bits per heavy atom. The Morgan fingerprint density at radius 2 is 1.95 bits per heavy atom. The van der Waals surface area contributed by atoms with Crippen molar-refractivity contribution in [1.82, 2.24) is 10.3 Å². The molecule has 0 fully saturated rings. The van der Waals surface area contributed by atoms with Crippen molar-refractivity contribution in [1.29, 1.82) is 0 Å². The van der Waals surface area contributed by atoms with Crippen molar-refractivity contribution in [3.63, 3.8) is 0 Å². The van der Waals surface area contributed by atoms with Crippen LogP contribution in [0.15, 0.2) is 15.9 Å². The van der Waals surface area contributed by atoms with Crippen LogP contribution in [0.2, 0.25) is 0 Å². The van der Waals surface area contributed by atoms with Crippen molar-refractivity contribution in [3.8, 4) is 9.88 Å². The summed E-state index contributed by atoms with van der Waals surface area (Å²) in [4.78, 5) is 7.46. The summed E-state index contributed by atoms with van der Waals surface area (Å²) in [6.07, 6.45) is 0. The summed E-state index contributed by atoms with van der Waals surface area (Å²) >= 11 is 7.08. The second kappa shape index (κ2) is 6.26. The lowest BCUT2D eigenvalue weighted by atomic mass is 10.1. The summed E-state index contributed by atoms with van der Waals surface area (Å²) in [5.74, 6) is 0.458. The number of hydrogen-bond donors (Lipinski definition) is 1. The first-order chi connectivity index (χ1) is 9.26. The quantitative estimate of drug-likeness (QED) is 0.750. The summed E-state index contributed by atoms with van der Waals surface area (Å²) in [5.41, 5.74) is 1.36. The molecule has 0 saturated heterocycles. The van der Waals surface area contributed by atoms with E-state index in [1.54, 1.807) is 11.3 Å². The highest BCUT2D eigenvalue weighted by atomic mass is 79.9. The molecule has 0 radical (unpaired) electrons. The van der Waals surface area contributed by atoms with E-state index in [9.17, 15) is 0 Å². The van der Waals surface area contributed by atoms with Gasteiger partial charge in [0.05, 0.1) is 14.4 Å². The first-order valence-corrected chi connectivity index (χ1v) is 9.19. The molecule has 2 heterocycles. The number of thiophene rings is 1. The van der Waals surface area contributed by atoms with Gasteiger partial charge < -0.3 is 5.32 Å². The van der Waals surface area contributed by atoms with E-state index in [2.05, 4.69) is 68.0 Å². The Bertz CT molecular complexity index is 579. The van der Waals surface area contributed by atoms with Crippen molar-refractivity contribution < 1.29 is 0 Å². The van der Waals surface area contributed by atoms with E-state index in [0.29, 0.717) is 5.92 Å². The predicted octanol–water partition coefficient (Wildman–Crippen LogP) is 5.65. The predicted molar refractivity (Wildman–Crippen MR) is 93.8 cm³/mol. The molecule has 0 unspecified atom stereocenters. The number of nitrogens with one attached hydrogen (secondary N) is 1. The molecule has 5 heteroatoms. The largest absolute Gasteiger partial charge is 0.307 e. The fourth-order valence-corrected chi connectivity index (χ4v) is 4.42. The van der Waals surface area contributed by atoms with Crippen LogP contribution in [-0.4, -0.2) is 10.5 Å². The molecule has 20 heavy (non-hydrogen) atoms. The summed E-state index contributed by atoms with van der Waals surface area (Å²) in [7, 11) is 0. The molecule has 0 aliphatic rings. The highest BCUT2D eigenvalue weighted by molar-refractivity contribution is 9.11. The molecule has 110 valence electrons. The first kappa shape index (κ1) is 16.1. The third kappa shape index (κ3) is 4.13. The van der Waals surface area contributed by atoms with Gasteiger partial charge in [0, 0.05) is 17.0 Å². The Morgan fingerprint density at radius 1 is 1.25 bits per heavy atom. The van der Waals surface area contributed by atoms with Gasteiger partial charge in [-0.25, -0.2) is 4.98 Å². The minimum atomic E-state index is 0.129. The van der Waals surface area contributed by atoms with Crippen LogP contribution in [0.1, 0.15) is 51.1 Å². The van der Waals surface area contributed by atoms with Gasteiger partial charge in [-0.15, -0.1) is 22.7 Å². The maximum atomic E-state index is 4.86. The van der Waals surface area contributed by atoms with Gasteiger partial charge in [-0.2, -0.15) is 0 Å². The van der Waals surface area contributed by atoms with Crippen molar-refractivity contribution in [3.05, 3.63) is 26.5 Å². The van der Waals surface area contributed by atoms with Crippen molar-refractivity contribution in [2.75, 3.05) is 0 Å². The number of hydrogen-bond acceptors (Lipinski definition) is 4. The molecule has 0 saturated carbocycles. The first-order valence-electron chi connectivity index (χ1n) is 6.76. The fourth-order valence-electron chi connectivity index (χ4n) is 1.82. The smallest absolute Gasteiger partial charge is 0.133 e.